The molecule has 1 amide bonds. The lowest BCUT2D eigenvalue weighted by Crippen LogP contribution is -2.40. The number of amides is 1. The predicted octanol–water partition coefficient (Wildman–Crippen LogP) is 2.70. The summed E-state index contributed by atoms with van der Waals surface area (Å²) in [6.07, 6.45) is 5.77. The first-order valence-electron chi connectivity index (χ1n) is 11.2. The fraction of sp³-hybridized carbons (Fsp3) is 0.682. The van der Waals surface area contributed by atoms with Gasteiger partial charge in [0, 0.05) is 19.1 Å². The van der Waals surface area contributed by atoms with E-state index in [0.717, 1.165) is 12.8 Å². The second-order valence-corrected chi connectivity index (χ2v) is 10.5. The molecule has 1 heterocycles. The second-order valence-electron chi connectivity index (χ2n) is 8.60. The van der Waals surface area contributed by atoms with Crippen LogP contribution in [0.15, 0.2) is 23.1 Å². The van der Waals surface area contributed by atoms with Crippen LogP contribution < -0.4 is 10.1 Å². The SMILES string of the molecule is CC(C)Oc1ccc(S(=O)(=O)N2CCOCC2)cc1NC(=O)CN(C)C1CCCCC1. The van der Waals surface area contributed by atoms with E-state index in [2.05, 4.69) is 10.2 Å². The molecule has 31 heavy (non-hydrogen) atoms. The molecule has 0 aromatic heterocycles. The van der Waals surface area contributed by atoms with E-state index in [-0.39, 0.29) is 23.5 Å². The van der Waals surface area contributed by atoms with Crippen molar-refractivity contribution >= 4 is 21.6 Å². The maximum atomic E-state index is 13.1. The molecule has 2 fully saturated rings. The van der Waals surface area contributed by atoms with Gasteiger partial charge in [-0.3, -0.25) is 9.69 Å². The number of benzene rings is 1. The number of carbonyl (C=O) groups excluding carboxylic acids is 1. The van der Waals surface area contributed by atoms with Gasteiger partial charge in [0.05, 0.1) is 36.4 Å². The zero-order valence-corrected chi connectivity index (χ0v) is 19.6. The molecule has 1 saturated carbocycles. The van der Waals surface area contributed by atoms with E-state index in [1.54, 1.807) is 6.07 Å². The Balaban J connectivity index is 1.77. The number of rotatable bonds is 8. The quantitative estimate of drug-likeness (QED) is 0.651. The third-order valence-corrected chi connectivity index (χ3v) is 7.68. The van der Waals surface area contributed by atoms with Crippen LogP contribution in [0.25, 0.3) is 0 Å². The van der Waals surface area contributed by atoms with Crippen molar-refractivity contribution in [2.24, 2.45) is 0 Å². The van der Waals surface area contributed by atoms with Gasteiger partial charge in [0.25, 0.3) is 0 Å². The summed E-state index contributed by atoms with van der Waals surface area (Å²) in [7, 11) is -1.70. The number of ether oxygens (including phenoxy) is 2. The molecule has 0 spiro atoms. The standard InChI is InChI=1S/C22H35N3O5S/c1-17(2)30-21-10-9-19(31(27,28)25-11-13-29-14-12-25)15-20(21)23-22(26)16-24(3)18-7-5-4-6-8-18/h9-10,15,17-18H,4-8,11-14,16H2,1-3H3,(H,23,26). The van der Waals surface area contributed by atoms with Crippen LogP contribution in [0.4, 0.5) is 5.69 Å². The summed E-state index contributed by atoms with van der Waals surface area (Å²) in [5, 5.41) is 2.89. The average Bonchev–Trinajstić information content (AvgIpc) is 2.75. The van der Waals surface area contributed by atoms with Crippen molar-refractivity contribution in [2.75, 3.05) is 45.2 Å². The first-order valence-corrected chi connectivity index (χ1v) is 12.6. The zero-order valence-electron chi connectivity index (χ0n) is 18.8. The minimum Gasteiger partial charge on any atom is -0.489 e. The van der Waals surface area contributed by atoms with E-state index in [1.807, 2.05) is 20.9 Å². The van der Waals surface area contributed by atoms with Crippen molar-refractivity contribution in [2.45, 2.75) is 63.0 Å². The van der Waals surface area contributed by atoms with E-state index < -0.39 is 10.0 Å². The summed E-state index contributed by atoms with van der Waals surface area (Å²) in [5.41, 5.74) is 0.380. The lowest BCUT2D eigenvalue weighted by atomic mass is 9.94. The van der Waals surface area contributed by atoms with Crippen molar-refractivity contribution in [3.05, 3.63) is 18.2 Å². The Morgan fingerprint density at radius 3 is 2.55 bits per heavy atom. The summed E-state index contributed by atoms with van der Waals surface area (Å²) in [6, 6.07) is 5.07. The van der Waals surface area contributed by atoms with Gasteiger partial charge in [-0.1, -0.05) is 19.3 Å². The number of nitrogens with one attached hydrogen (secondary N) is 1. The highest BCUT2D eigenvalue weighted by atomic mass is 32.2. The highest BCUT2D eigenvalue weighted by Crippen LogP contribution is 2.30. The van der Waals surface area contributed by atoms with Crippen LogP contribution in [0.5, 0.6) is 5.75 Å². The van der Waals surface area contributed by atoms with E-state index >= 15 is 0 Å². The van der Waals surface area contributed by atoms with Gasteiger partial charge in [0.1, 0.15) is 5.75 Å². The van der Waals surface area contributed by atoms with Crippen LogP contribution in [-0.2, 0) is 19.6 Å². The van der Waals surface area contributed by atoms with Crippen LogP contribution in [0, 0.1) is 0 Å². The molecular formula is C22H35N3O5S. The molecule has 9 heteroatoms. The van der Waals surface area contributed by atoms with Crippen molar-refractivity contribution in [3.8, 4) is 5.75 Å². The third-order valence-electron chi connectivity index (χ3n) is 5.79. The zero-order chi connectivity index (χ0) is 22.4. The van der Waals surface area contributed by atoms with E-state index in [4.69, 9.17) is 9.47 Å². The molecule has 8 nitrogen and oxygen atoms in total. The van der Waals surface area contributed by atoms with Crippen LogP contribution in [-0.4, -0.2) is 75.6 Å². The van der Waals surface area contributed by atoms with Crippen molar-refractivity contribution < 1.29 is 22.7 Å². The molecule has 174 valence electrons. The molecule has 2 aliphatic rings. The Morgan fingerprint density at radius 1 is 1.23 bits per heavy atom. The number of carbonyl (C=O) groups is 1. The van der Waals surface area contributed by atoms with E-state index in [9.17, 15) is 13.2 Å². The number of sulfonamides is 1. The average molecular weight is 454 g/mol. The molecule has 0 unspecified atom stereocenters. The Labute approximate surface area is 185 Å². The van der Waals surface area contributed by atoms with Gasteiger partial charge in [-0.2, -0.15) is 4.31 Å². The largest absolute Gasteiger partial charge is 0.489 e. The lowest BCUT2D eigenvalue weighted by molar-refractivity contribution is -0.117. The minimum atomic E-state index is -3.67. The number of morpholine rings is 1. The molecule has 1 aliphatic carbocycles. The van der Waals surface area contributed by atoms with Gasteiger partial charge < -0.3 is 14.8 Å². The van der Waals surface area contributed by atoms with E-state index in [1.165, 1.54) is 35.7 Å². The highest BCUT2D eigenvalue weighted by Gasteiger charge is 2.28. The van der Waals surface area contributed by atoms with Crippen LogP contribution in [0.1, 0.15) is 46.0 Å². The molecule has 1 aliphatic heterocycles. The summed E-state index contributed by atoms with van der Waals surface area (Å²) < 4.78 is 38.6. The monoisotopic (exact) mass is 453 g/mol. The topological polar surface area (TPSA) is 88.2 Å². The van der Waals surface area contributed by atoms with Crippen LogP contribution in [0.2, 0.25) is 0 Å². The minimum absolute atomic E-state index is 0.109. The fourth-order valence-electron chi connectivity index (χ4n) is 4.13. The van der Waals surface area contributed by atoms with Gasteiger partial charge in [-0.15, -0.1) is 0 Å². The van der Waals surface area contributed by atoms with Gasteiger partial charge >= 0.3 is 0 Å². The predicted molar refractivity (Wildman–Crippen MR) is 120 cm³/mol. The molecule has 1 N–H and O–H groups in total. The Morgan fingerprint density at radius 2 is 1.90 bits per heavy atom. The normalized spacial score (nSPS) is 19.0. The summed E-state index contributed by atoms with van der Waals surface area (Å²) in [5.74, 6) is 0.284. The summed E-state index contributed by atoms with van der Waals surface area (Å²) in [4.78, 5) is 15.0. The molecule has 1 saturated heterocycles. The summed E-state index contributed by atoms with van der Waals surface area (Å²) >= 11 is 0. The van der Waals surface area contributed by atoms with Crippen LogP contribution >= 0.6 is 0 Å². The number of anilines is 1. The lowest BCUT2D eigenvalue weighted by Gasteiger charge is -2.30. The number of hydrogen-bond acceptors (Lipinski definition) is 6. The summed E-state index contributed by atoms with van der Waals surface area (Å²) in [6.45, 7) is 5.44. The molecule has 0 bridgehead atoms. The Bertz CT molecular complexity index is 847. The number of nitrogens with zero attached hydrogens (tertiary/aromatic N) is 2. The van der Waals surface area contributed by atoms with Gasteiger partial charge in [0.15, 0.2) is 0 Å². The van der Waals surface area contributed by atoms with Gasteiger partial charge in [-0.05, 0) is 51.9 Å². The first kappa shape index (κ1) is 24.0. The van der Waals surface area contributed by atoms with Crippen molar-refractivity contribution in [3.63, 3.8) is 0 Å². The second kappa shape index (κ2) is 10.8. The Kier molecular flexibility index (Phi) is 8.32. The van der Waals surface area contributed by atoms with Gasteiger partial charge in [0.2, 0.25) is 15.9 Å². The number of hydrogen-bond donors (Lipinski definition) is 1. The van der Waals surface area contributed by atoms with Crippen molar-refractivity contribution in [1.82, 2.24) is 9.21 Å². The van der Waals surface area contributed by atoms with Crippen molar-refractivity contribution in [1.29, 1.82) is 0 Å². The molecular weight excluding hydrogens is 418 g/mol. The first-order chi connectivity index (χ1) is 14.8. The highest BCUT2D eigenvalue weighted by molar-refractivity contribution is 7.89. The fourth-order valence-corrected chi connectivity index (χ4v) is 5.56. The molecule has 1 aromatic rings. The maximum Gasteiger partial charge on any atom is 0.243 e. The smallest absolute Gasteiger partial charge is 0.243 e. The van der Waals surface area contributed by atoms with E-state index in [0.29, 0.717) is 43.8 Å². The molecule has 0 radical (unpaired) electrons. The maximum absolute atomic E-state index is 13.1. The Hall–Kier alpha value is -1.68. The molecule has 0 atom stereocenters. The molecule has 1 aromatic carbocycles. The van der Waals surface area contributed by atoms with Crippen LogP contribution in [0.3, 0.4) is 0 Å². The van der Waals surface area contributed by atoms with Gasteiger partial charge in [-0.25, -0.2) is 8.42 Å². The number of likely N-dealkylation sites (N-methyl/N-ethyl adjacent to an activating group) is 1. The molecule has 3 rings (SSSR count). The third kappa shape index (κ3) is 6.41.